The predicted molar refractivity (Wildman–Crippen MR) is 62.3 cm³/mol. The van der Waals surface area contributed by atoms with E-state index >= 15 is 0 Å². The number of anilines is 1. The van der Waals surface area contributed by atoms with E-state index in [1.807, 2.05) is 23.9 Å². The minimum Gasteiger partial charge on any atom is -0.382 e. The van der Waals surface area contributed by atoms with E-state index in [1.165, 1.54) is 23.5 Å². The summed E-state index contributed by atoms with van der Waals surface area (Å²) in [6.45, 7) is 1.09. The van der Waals surface area contributed by atoms with Gasteiger partial charge in [0.1, 0.15) is 0 Å². The van der Waals surface area contributed by atoms with E-state index in [1.54, 1.807) is 0 Å². The highest BCUT2D eigenvalue weighted by atomic mass is 35.5. The van der Waals surface area contributed by atoms with Crippen LogP contribution in [0.25, 0.3) is 0 Å². The lowest BCUT2D eigenvalue weighted by Crippen LogP contribution is -2.15. The summed E-state index contributed by atoms with van der Waals surface area (Å²) in [6, 6.07) is 6.14. The summed E-state index contributed by atoms with van der Waals surface area (Å²) in [5.74, 6) is 1.24. The summed E-state index contributed by atoms with van der Waals surface area (Å²) >= 11 is 8.10. The molecule has 0 unspecified atom stereocenters. The molecule has 1 fully saturated rings. The fraction of sp³-hybridized carbons (Fsp3) is 0.455. The van der Waals surface area contributed by atoms with Crippen molar-refractivity contribution in [2.24, 2.45) is 5.41 Å². The fourth-order valence-electron chi connectivity index (χ4n) is 1.85. The Morgan fingerprint density at radius 2 is 2.21 bits per heavy atom. The Bertz CT molecular complexity index is 374. The summed E-state index contributed by atoms with van der Waals surface area (Å²) in [7, 11) is 0. The van der Waals surface area contributed by atoms with Crippen molar-refractivity contribution in [1.29, 1.82) is 0 Å². The van der Waals surface area contributed by atoms with Gasteiger partial charge in [-0.3, -0.25) is 0 Å². The van der Waals surface area contributed by atoms with E-state index in [9.17, 15) is 0 Å². The molecule has 0 radical (unpaired) electrons. The molecule has 3 heteroatoms. The second-order valence-corrected chi connectivity index (χ2v) is 5.68. The van der Waals surface area contributed by atoms with Gasteiger partial charge in [-0.15, -0.1) is 11.8 Å². The number of thioether (sulfide) groups is 1. The first kappa shape index (κ1) is 8.93. The van der Waals surface area contributed by atoms with Crippen LogP contribution in [0.15, 0.2) is 23.1 Å². The summed E-state index contributed by atoms with van der Waals surface area (Å²) in [5, 5.41) is 4.35. The number of para-hydroxylation sites is 1. The van der Waals surface area contributed by atoms with Crippen molar-refractivity contribution in [2.75, 3.05) is 17.6 Å². The normalized spacial score (nSPS) is 22.4. The molecule has 1 aliphatic carbocycles. The smallest absolute Gasteiger partial charge is 0.0667 e. The molecule has 0 amide bonds. The van der Waals surface area contributed by atoms with Gasteiger partial charge in [-0.05, 0) is 30.4 Å². The first-order valence-corrected chi connectivity index (χ1v) is 6.31. The third kappa shape index (κ3) is 1.41. The van der Waals surface area contributed by atoms with Crippen molar-refractivity contribution in [3.63, 3.8) is 0 Å². The van der Waals surface area contributed by atoms with Gasteiger partial charge in [0.05, 0.1) is 10.7 Å². The summed E-state index contributed by atoms with van der Waals surface area (Å²) in [4.78, 5) is 1.31. The van der Waals surface area contributed by atoms with Crippen molar-refractivity contribution < 1.29 is 0 Å². The van der Waals surface area contributed by atoms with E-state index in [0.29, 0.717) is 5.41 Å². The molecular weight excluding hydrogens is 214 g/mol. The number of fused-ring (bicyclic) bond motifs is 1. The van der Waals surface area contributed by atoms with Crippen LogP contribution < -0.4 is 5.32 Å². The lowest BCUT2D eigenvalue weighted by molar-refractivity contribution is 0.626. The van der Waals surface area contributed by atoms with Crippen molar-refractivity contribution in [3.8, 4) is 0 Å². The van der Waals surface area contributed by atoms with Crippen LogP contribution in [0.3, 0.4) is 0 Å². The van der Waals surface area contributed by atoms with Crippen LogP contribution in [0.1, 0.15) is 12.8 Å². The zero-order valence-electron chi connectivity index (χ0n) is 7.85. The fourth-order valence-corrected chi connectivity index (χ4v) is 3.50. The number of rotatable bonds is 0. The van der Waals surface area contributed by atoms with Crippen LogP contribution >= 0.6 is 23.4 Å². The molecule has 0 bridgehead atoms. The van der Waals surface area contributed by atoms with Crippen LogP contribution in [-0.4, -0.2) is 12.3 Å². The van der Waals surface area contributed by atoms with Gasteiger partial charge < -0.3 is 5.32 Å². The molecule has 0 atom stereocenters. The van der Waals surface area contributed by atoms with Crippen LogP contribution in [0.5, 0.6) is 0 Å². The largest absolute Gasteiger partial charge is 0.382 e. The maximum absolute atomic E-state index is 6.15. The predicted octanol–water partition coefficient (Wildman–Crippen LogP) is 3.64. The van der Waals surface area contributed by atoms with E-state index in [2.05, 4.69) is 11.4 Å². The van der Waals surface area contributed by atoms with E-state index < -0.39 is 0 Å². The maximum atomic E-state index is 6.15. The van der Waals surface area contributed by atoms with Crippen molar-refractivity contribution in [3.05, 3.63) is 23.2 Å². The Morgan fingerprint density at radius 3 is 3.00 bits per heavy atom. The molecule has 2 aliphatic rings. The number of benzene rings is 1. The Balaban J connectivity index is 1.96. The first-order valence-electron chi connectivity index (χ1n) is 4.94. The Hall–Kier alpha value is -0.340. The molecule has 1 spiro atoms. The lowest BCUT2D eigenvalue weighted by atomic mass is 10.1. The average Bonchev–Trinajstić information content (AvgIpc) is 2.96. The number of nitrogens with one attached hydrogen (secondary N) is 1. The van der Waals surface area contributed by atoms with Gasteiger partial charge >= 0.3 is 0 Å². The summed E-state index contributed by atoms with van der Waals surface area (Å²) in [6.07, 6.45) is 2.75. The van der Waals surface area contributed by atoms with E-state index in [0.717, 1.165) is 17.3 Å². The molecule has 74 valence electrons. The van der Waals surface area contributed by atoms with Gasteiger partial charge in [0.2, 0.25) is 0 Å². The van der Waals surface area contributed by atoms with Gasteiger partial charge in [0.25, 0.3) is 0 Å². The number of halogens is 1. The third-order valence-electron chi connectivity index (χ3n) is 3.11. The van der Waals surface area contributed by atoms with Gasteiger partial charge in [0, 0.05) is 17.2 Å². The summed E-state index contributed by atoms with van der Waals surface area (Å²) in [5.41, 5.74) is 1.72. The Labute approximate surface area is 93.2 Å². The zero-order valence-corrected chi connectivity index (χ0v) is 9.42. The molecule has 14 heavy (non-hydrogen) atoms. The summed E-state index contributed by atoms with van der Waals surface area (Å²) < 4.78 is 0. The van der Waals surface area contributed by atoms with Gasteiger partial charge in [-0.25, -0.2) is 0 Å². The highest BCUT2D eigenvalue weighted by molar-refractivity contribution is 7.99. The molecule has 0 saturated heterocycles. The second-order valence-electron chi connectivity index (χ2n) is 4.26. The highest BCUT2D eigenvalue weighted by Gasteiger charge is 2.43. The zero-order chi connectivity index (χ0) is 9.60. The van der Waals surface area contributed by atoms with E-state index in [4.69, 9.17) is 11.6 Å². The molecule has 1 nitrogen and oxygen atoms in total. The molecule has 1 aliphatic heterocycles. The molecule has 3 rings (SSSR count). The second kappa shape index (κ2) is 3.07. The molecule has 1 heterocycles. The minimum absolute atomic E-state index is 0.576. The molecule has 1 aromatic rings. The van der Waals surface area contributed by atoms with Crippen molar-refractivity contribution in [2.45, 2.75) is 17.7 Å². The van der Waals surface area contributed by atoms with Crippen LogP contribution in [0.4, 0.5) is 5.69 Å². The van der Waals surface area contributed by atoms with Crippen LogP contribution in [-0.2, 0) is 0 Å². The van der Waals surface area contributed by atoms with Crippen molar-refractivity contribution in [1.82, 2.24) is 0 Å². The van der Waals surface area contributed by atoms with Gasteiger partial charge in [0.15, 0.2) is 0 Å². The van der Waals surface area contributed by atoms with Crippen LogP contribution in [0, 0.1) is 5.41 Å². The number of hydrogen-bond acceptors (Lipinski definition) is 2. The standard InChI is InChI=1S/C11H12ClNS/c12-8-2-1-3-9-10(8)13-6-11(4-5-11)7-14-9/h1-3,13H,4-7H2. The molecule has 1 aromatic carbocycles. The van der Waals surface area contributed by atoms with Gasteiger partial charge in [-0.2, -0.15) is 0 Å². The molecular formula is C11H12ClNS. The number of hydrogen-bond donors (Lipinski definition) is 1. The Kier molecular flexibility index (Phi) is 1.96. The lowest BCUT2D eigenvalue weighted by Gasteiger charge is -2.11. The quantitative estimate of drug-likeness (QED) is 0.724. The van der Waals surface area contributed by atoms with E-state index in [-0.39, 0.29) is 0 Å². The van der Waals surface area contributed by atoms with Crippen molar-refractivity contribution >= 4 is 29.1 Å². The molecule has 0 aromatic heterocycles. The monoisotopic (exact) mass is 225 g/mol. The maximum Gasteiger partial charge on any atom is 0.0667 e. The topological polar surface area (TPSA) is 12.0 Å². The van der Waals surface area contributed by atoms with Gasteiger partial charge in [-0.1, -0.05) is 17.7 Å². The first-order chi connectivity index (χ1) is 6.79. The minimum atomic E-state index is 0.576. The molecule has 1 N–H and O–H groups in total. The average molecular weight is 226 g/mol. The molecule has 1 saturated carbocycles. The highest BCUT2D eigenvalue weighted by Crippen LogP contribution is 2.52. The van der Waals surface area contributed by atoms with Crippen LogP contribution in [0.2, 0.25) is 5.02 Å². The SMILES string of the molecule is Clc1cccc2c1NCC1(CC1)CS2. The Morgan fingerprint density at radius 1 is 1.36 bits per heavy atom. The third-order valence-corrected chi connectivity index (χ3v) is 4.83.